The molecule has 0 bridgehead atoms. The van der Waals surface area contributed by atoms with Gasteiger partial charge in [-0.2, -0.15) is 0 Å². The van der Waals surface area contributed by atoms with Gasteiger partial charge in [-0.25, -0.2) is 0 Å². The molecule has 19 heavy (non-hydrogen) atoms. The van der Waals surface area contributed by atoms with Crippen LogP contribution in [0.4, 0.5) is 0 Å². The van der Waals surface area contributed by atoms with Crippen molar-refractivity contribution in [1.29, 1.82) is 0 Å². The van der Waals surface area contributed by atoms with Gasteiger partial charge < -0.3 is 9.84 Å². The molecule has 1 N–H and O–H groups in total. The molecule has 0 amide bonds. The first kappa shape index (κ1) is 12.7. The molecule has 98 valence electrons. The Morgan fingerprint density at radius 1 is 1.05 bits per heavy atom. The molecule has 2 nitrogen and oxygen atoms in total. The molecule has 2 aromatic rings. The second-order valence-corrected chi connectivity index (χ2v) is 5.76. The van der Waals surface area contributed by atoms with Gasteiger partial charge in [0.1, 0.15) is 11.9 Å². The predicted molar refractivity (Wildman–Crippen MR) is 78.3 cm³/mol. The summed E-state index contributed by atoms with van der Waals surface area (Å²) in [7, 11) is 0. The lowest BCUT2D eigenvalue weighted by molar-refractivity contribution is 0.219. The Balaban J connectivity index is 1.83. The molecule has 1 aliphatic carbocycles. The Labute approximate surface area is 121 Å². The summed E-state index contributed by atoms with van der Waals surface area (Å²) in [5, 5.41) is 10.4. The SMILES string of the molecule is OC(c1cccc(Br)c1)c1cccc(OC2CC2)c1. The van der Waals surface area contributed by atoms with Crippen molar-refractivity contribution >= 4 is 15.9 Å². The summed E-state index contributed by atoms with van der Waals surface area (Å²) in [6, 6.07) is 15.4. The van der Waals surface area contributed by atoms with Crippen LogP contribution >= 0.6 is 15.9 Å². The van der Waals surface area contributed by atoms with Crippen LogP contribution in [0, 0.1) is 0 Å². The summed E-state index contributed by atoms with van der Waals surface area (Å²) < 4.78 is 6.72. The third-order valence-corrected chi connectivity index (χ3v) is 3.66. The fraction of sp³-hybridized carbons (Fsp3) is 0.250. The van der Waals surface area contributed by atoms with Gasteiger partial charge in [0.15, 0.2) is 0 Å². The van der Waals surface area contributed by atoms with Crippen molar-refractivity contribution < 1.29 is 9.84 Å². The molecule has 3 rings (SSSR count). The predicted octanol–water partition coefficient (Wildman–Crippen LogP) is 4.07. The van der Waals surface area contributed by atoms with Crippen molar-refractivity contribution in [2.45, 2.75) is 25.0 Å². The molecule has 0 spiro atoms. The van der Waals surface area contributed by atoms with Crippen molar-refractivity contribution in [2.24, 2.45) is 0 Å². The van der Waals surface area contributed by atoms with Crippen molar-refractivity contribution in [2.75, 3.05) is 0 Å². The normalized spacial score (nSPS) is 16.1. The summed E-state index contributed by atoms with van der Waals surface area (Å²) in [4.78, 5) is 0. The van der Waals surface area contributed by atoms with E-state index in [1.807, 2.05) is 48.5 Å². The number of ether oxygens (including phenoxy) is 1. The van der Waals surface area contributed by atoms with E-state index in [0.717, 1.165) is 34.2 Å². The smallest absolute Gasteiger partial charge is 0.120 e. The van der Waals surface area contributed by atoms with Crippen LogP contribution in [0.15, 0.2) is 53.0 Å². The molecule has 1 atom stereocenters. The van der Waals surface area contributed by atoms with E-state index < -0.39 is 6.10 Å². The van der Waals surface area contributed by atoms with E-state index in [4.69, 9.17) is 4.74 Å². The minimum Gasteiger partial charge on any atom is -0.490 e. The molecule has 0 radical (unpaired) electrons. The zero-order valence-corrected chi connectivity index (χ0v) is 12.0. The highest BCUT2D eigenvalue weighted by Crippen LogP contribution is 2.30. The van der Waals surface area contributed by atoms with Gasteiger partial charge in [-0.15, -0.1) is 0 Å². The molecule has 1 fully saturated rings. The van der Waals surface area contributed by atoms with Crippen LogP contribution in [0.1, 0.15) is 30.1 Å². The van der Waals surface area contributed by atoms with Crippen LogP contribution in [-0.4, -0.2) is 11.2 Å². The number of hydrogen-bond acceptors (Lipinski definition) is 2. The molecule has 0 aliphatic heterocycles. The number of aliphatic hydroxyl groups is 1. The molecule has 0 heterocycles. The molecule has 0 aromatic heterocycles. The Morgan fingerprint density at radius 2 is 1.74 bits per heavy atom. The van der Waals surface area contributed by atoms with E-state index in [9.17, 15) is 5.11 Å². The maximum absolute atomic E-state index is 10.4. The van der Waals surface area contributed by atoms with E-state index in [2.05, 4.69) is 15.9 Å². The molecular weight excluding hydrogens is 304 g/mol. The van der Waals surface area contributed by atoms with Crippen LogP contribution in [0.5, 0.6) is 5.75 Å². The van der Waals surface area contributed by atoms with Gasteiger partial charge in [-0.1, -0.05) is 40.2 Å². The summed E-state index contributed by atoms with van der Waals surface area (Å²) in [5.41, 5.74) is 1.73. The van der Waals surface area contributed by atoms with E-state index in [1.54, 1.807) is 0 Å². The van der Waals surface area contributed by atoms with Crippen molar-refractivity contribution in [3.05, 3.63) is 64.1 Å². The maximum atomic E-state index is 10.4. The molecule has 1 saturated carbocycles. The van der Waals surface area contributed by atoms with Crippen molar-refractivity contribution in [3.8, 4) is 5.75 Å². The van der Waals surface area contributed by atoms with Gasteiger partial charge >= 0.3 is 0 Å². The van der Waals surface area contributed by atoms with Crippen LogP contribution in [0.2, 0.25) is 0 Å². The number of halogens is 1. The number of rotatable bonds is 4. The summed E-state index contributed by atoms with van der Waals surface area (Å²) >= 11 is 3.42. The number of benzene rings is 2. The lowest BCUT2D eigenvalue weighted by Gasteiger charge is -2.13. The van der Waals surface area contributed by atoms with Gasteiger partial charge in [0, 0.05) is 4.47 Å². The molecule has 1 aliphatic rings. The fourth-order valence-electron chi connectivity index (χ4n) is 2.01. The first-order valence-corrected chi connectivity index (χ1v) is 7.22. The molecule has 2 aromatic carbocycles. The highest BCUT2D eigenvalue weighted by Gasteiger charge is 2.23. The van der Waals surface area contributed by atoms with Gasteiger partial charge in [0.25, 0.3) is 0 Å². The Hall–Kier alpha value is -1.32. The van der Waals surface area contributed by atoms with E-state index in [-0.39, 0.29) is 0 Å². The second-order valence-electron chi connectivity index (χ2n) is 4.85. The van der Waals surface area contributed by atoms with Gasteiger partial charge in [-0.05, 0) is 48.2 Å². The second kappa shape index (κ2) is 5.35. The molecule has 3 heteroatoms. The Kier molecular flexibility index (Phi) is 3.58. The average molecular weight is 319 g/mol. The van der Waals surface area contributed by atoms with Crippen molar-refractivity contribution in [1.82, 2.24) is 0 Å². The van der Waals surface area contributed by atoms with Crippen molar-refractivity contribution in [3.63, 3.8) is 0 Å². The fourth-order valence-corrected chi connectivity index (χ4v) is 2.42. The van der Waals surface area contributed by atoms with Gasteiger partial charge in [0.05, 0.1) is 6.10 Å². The summed E-state index contributed by atoms with van der Waals surface area (Å²) in [6.45, 7) is 0. The van der Waals surface area contributed by atoms with E-state index >= 15 is 0 Å². The summed E-state index contributed by atoms with van der Waals surface area (Å²) in [6.07, 6.45) is 2.02. The highest BCUT2D eigenvalue weighted by atomic mass is 79.9. The lowest BCUT2D eigenvalue weighted by Crippen LogP contribution is -2.01. The minimum absolute atomic E-state index is 0.373. The largest absolute Gasteiger partial charge is 0.490 e. The zero-order chi connectivity index (χ0) is 13.2. The van der Waals surface area contributed by atoms with E-state index in [0.29, 0.717) is 6.10 Å². The third-order valence-electron chi connectivity index (χ3n) is 3.17. The molecule has 1 unspecified atom stereocenters. The standard InChI is InChI=1S/C16H15BrO2/c17-13-5-1-3-11(9-13)16(18)12-4-2-6-15(10-12)19-14-7-8-14/h1-6,9-10,14,16,18H,7-8H2. The topological polar surface area (TPSA) is 29.5 Å². The van der Waals surface area contributed by atoms with Crippen LogP contribution in [-0.2, 0) is 0 Å². The first-order valence-electron chi connectivity index (χ1n) is 6.42. The molecular formula is C16H15BrO2. The summed E-state index contributed by atoms with van der Waals surface area (Å²) in [5.74, 6) is 0.842. The number of aliphatic hydroxyl groups excluding tert-OH is 1. The van der Waals surface area contributed by atoms with Gasteiger partial charge in [0.2, 0.25) is 0 Å². The Morgan fingerprint density at radius 3 is 2.42 bits per heavy atom. The monoisotopic (exact) mass is 318 g/mol. The quantitative estimate of drug-likeness (QED) is 0.920. The zero-order valence-electron chi connectivity index (χ0n) is 10.4. The lowest BCUT2D eigenvalue weighted by atomic mass is 10.0. The minimum atomic E-state index is -0.625. The third kappa shape index (κ3) is 3.17. The van der Waals surface area contributed by atoms with Crippen LogP contribution in [0.25, 0.3) is 0 Å². The first-order chi connectivity index (χ1) is 9.22. The molecule has 0 saturated heterocycles. The van der Waals surface area contributed by atoms with Gasteiger partial charge in [-0.3, -0.25) is 0 Å². The highest BCUT2D eigenvalue weighted by molar-refractivity contribution is 9.10. The number of hydrogen-bond donors (Lipinski definition) is 1. The Bertz CT molecular complexity index is 578. The van der Waals surface area contributed by atoms with E-state index in [1.165, 1.54) is 0 Å². The van der Waals surface area contributed by atoms with Crippen LogP contribution in [0.3, 0.4) is 0 Å². The maximum Gasteiger partial charge on any atom is 0.120 e. The van der Waals surface area contributed by atoms with Crippen LogP contribution < -0.4 is 4.74 Å². The average Bonchev–Trinajstić information content (AvgIpc) is 3.22.